The Morgan fingerprint density at radius 2 is 2.00 bits per heavy atom. The van der Waals surface area contributed by atoms with Gasteiger partial charge in [0.15, 0.2) is 0 Å². The number of para-hydroxylation sites is 1. The Labute approximate surface area is 137 Å². The van der Waals surface area contributed by atoms with Crippen molar-refractivity contribution >= 4 is 34.2 Å². The summed E-state index contributed by atoms with van der Waals surface area (Å²) in [5, 5.41) is 8.02. The predicted octanol–water partition coefficient (Wildman–Crippen LogP) is 3.22. The molecular weight excluding hydrogens is 310 g/mol. The van der Waals surface area contributed by atoms with Gasteiger partial charge in [0.25, 0.3) is 5.91 Å². The van der Waals surface area contributed by atoms with Crippen molar-refractivity contribution in [2.45, 2.75) is 13.3 Å². The Hall–Kier alpha value is -2.60. The average Bonchev–Trinajstić information content (AvgIpc) is 3.16. The van der Waals surface area contributed by atoms with E-state index >= 15 is 0 Å². The number of aromatic amines is 1. The summed E-state index contributed by atoms with van der Waals surface area (Å²) in [5.41, 5.74) is 3.38. The molecule has 0 aliphatic rings. The Morgan fingerprint density at radius 1 is 1.17 bits per heavy atom. The van der Waals surface area contributed by atoms with Gasteiger partial charge in [0, 0.05) is 23.1 Å². The van der Waals surface area contributed by atoms with Gasteiger partial charge in [-0.3, -0.25) is 10.1 Å². The van der Waals surface area contributed by atoms with Gasteiger partial charge in [0.1, 0.15) is 0 Å². The number of benzene rings is 1. The molecule has 0 aliphatic heterocycles. The molecule has 0 saturated heterocycles. The summed E-state index contributed by atoms with van der Waals surface area (Å²) < 4.78 is 0. The van der Waals surface area contributed by atoms with E-state index in [4.69, 9.17) is 0 Å². The molecule has 3 N–H and O–H groups in total. The van der Waals surface area contributed by atoms with Gasteiger partial charge in [-0.15, -0.1) is 11.3 Å². The molecule has 118 valence electrons. The predicted molar refractivity (Wildman–Crippen MR) is 91.9 cm³/mol. The maximum atomic E-state index is 11.8. The molecule has 0 radical (unpaired) electrons. The Bertz CT molecular complexity index is 837. The zero-order valence-corrected chi connectivity index (χ0v) is 13.5. The van der Waals surface area contributed by atoms with E-state index in [1.165, 1.54) is 22.3 Å². The first kappa shape index (κ1) is 15.3. The lowest BCUT2D eigenvalue weighted by atomic mass is 10.1. The van der Waals surface area contributed by atoms with Crippen LogP contribution < -0.4 is 10.6 Å². The number of imide groups is 1. The van der Waals surface area contributed by atoms with E-state index in [9.17, 15) is 9.59 Å². The number of amides is 3. The van der Waals surface area contributed by atoms with Crippen LogP contribution in [0.1, 0.15) is 20.9 Å². The SMILES string of the molecule is Cc1[nH]c2ccccc2c1CCNC(=O)NC(=O)c1cccs1. The fourth-order valence-electron chi connectivity index (χ4n) is 2.57. The molecule has 3 aromatic rings. The number of H-pyrrole nitrogens is 1. The van der Waals surface area contributed by atoms with Gasteiger partial charge < -0.3 is 10.3 Å². The zero-order valence-electron chi connectivity index (χ0n) is 12.7. The number of aryl methyl sites for hydroxylation is 1. The highest BCUT2D eigenvalue weighted by molar-refractivity contribution is 7.12. The summed E-state index contributed by atoms with van der Waals surface area (Å²) in [5.74, 6) is -0.374. The molecule has 0 bridgehead atoms. The number of hydrogen-bond acceptors (Lipinski definition) is 3. The summed E-state index contributed by atoms with van der Waals surface area (Å²) in [6.07, 6.45) is 0.705. The zero-order chi connectivity index (χ0) is 16.2. The van der Waals surface area contributed by atoms with Crippen molar-refractivity contribution in [1.29, 1.82) is 0 Å². The third-order valence-corrected chi connectivity index (χ3v) is 4.53. The fraction of sp³-hybridized carbons (Fsp3) is 0.176. The quantitative estimate of drug-likeness (QED) is 0.688. The molecule has 0 atom stereocenters. The fourth-order valence-corrected chi connectivity index (χ4v) is 3.19. The van der Waals surface area contributed by atoms with Crippen LogP contribution in [0.5, 0.6) is 0 Å². The second kappa shape index (κ2) is 6.66. The molecule has 3 rings (SSSR count). The van der Waals surface area contributed by atoms with Crippen LogP contribution >= 0.6 is 11.3 Å². The summed E-state index contributed by atoms with van der Waals surface area (Å²) in [6.45, 7) is 2.49. The maximum Gasteiger partial charge on any atom is 0.321 e. The molecule has 1 aromatic carbocycles. The van der Waals surface area contributed by atoms with Crippen LogP contribution in [0.25, 0.3) is 10.9 Å². The average molecular weight is 327 g/mol. The van der Waals surface area contributed by atoms with Gasteiger partial charge in [-0.25, -0.2) is 4.79 Å². The van der Waals surface area contributed by atoms with E-state index in [1.807, 2.05) is 25.1 Å². The van der Waals surface area contributed by atoms with E-state index in [0.29, 0.717) is 17.8 Å². The maximum absolute atomic E-state index is 11.8. The number of nitrogens with one attached hydrogen (secondary N) is 3. The van der Waals surface area contributed by atoms with E-state index < -0.39 is 6.03 Å². The Balaban J connectivity index is 1.55. The van der Waals surface area contributed by atoms with Crippen molar-refractivity contribution < 1.29 is 9.59 Å². The number of fused-ring (bicyclic) bond motifs is 1. The van der Waals surface area contributed by atoms with Gasteiger partial charge in [0.05, 0.1) is 4.88 Å². The molecule has 2 heterocycles. The number of carbonyl (C=O) groups is 2. The highest BCUT2D eigenvalue weighted by Gasteiger charge is 2.11. The lowest BCUT2D eigenvalue weighted by Gasteiger charge is -2.06. The molecule has 2 aromatic heterocycles. The van der Waals surface area contributed by atoms with Crippen molar-refractivity contribution in [3.05, 3.63) is 57.9 Å². The minimum absolute atomic E-state index is 0.374. The van der Waals surface area contributed by atoms with Gasteiger partial charge in [-0.2, -0.15) is 0 Å². The molecular formula is C17H17N3O2S. The van der Waals surface area contributed by atoms with Crippen molar-refractivity contribution in [3.63, 3.8) is 0 Å². The van der Waals surface area contributed by atoms with Gasteiger partial charge in [-0.1, -0.05) is 24.3 Å². The third kappa shape index (κ3) is 3.43. The first-order valence-corrected chi connectivity index (χ1v) is 8.22. The smallest absolute Gasteiger partial charge is 0.321 e. The van der Waals surface area contributed by atoms with Crippen LogP contribution in [0.4, 0.5) is 4.79 Å². The first-order valence-electron chi connectivity index (χ1n) is 7.34. The largest absolute Gasteiger partial charge is 0.358 e. The summed E-state index contributed by atoms with van der Waals surface area (Å²) in [4.78, 5) is 27.4. The molecule has 0 saturated carbocycles. The van der Waals surface area contributed by atoms with Crippen molar-refractivity contribution in [2.24, 2.45) is 0 Å². The summed E-state index contributed by atoms with van der Waals surface area (Å²) in [7, 11) is 0. The highest BCUT2D eigenvalue weighted by Crippen LogP contribution is 2.21. The van der Waals surface area contributed by atoms with E-state index in [-0.39, 0.29) is 5.91 Å². The number of aromatic nitrogens is 1. The second-order valence-corrected chi connectivity index (χ2v) is 6.16. The van der Waals surface area contributed by atoms with Crippen molar-refractivity contribution in [3.8, 4) is 0 Å². The minimum Gasteiger partial charge on any atom is -0.358 e. The summed E-state index contributed by atoms with van der Waals surface area (Å²) in [6, 6.07) is 11.1. The van der Waals surface area contributed by atoms with Crippen LogP contribution in [-0.4, -0.2) is 23.5 Å². The lowest BCUT2D eigenvalue weighted by Crippen LogP contribution is -2.40. The number of rotatable bonds is 4. The number of urea groups is 1. The van der Waals surface area contributed by atoms with E-state index in [2.05, 4.69) is 21.7 Å². The van der Waals surface area contributed by atoms with Crippen LogP contribution in [0.2, 0.25) is 0 Å². The van der Waals surface area contributed by atoms with Crippen molar-refractivity contribution in [1.82, 2.24) is 15.6 Å². The monoisotopic (exact) mass is 327 g/mol. The van der Waals surface area contributed by atoms with E-state index in [1.54, 1.807) is 17.5 Å². The second-order valence-electron chi connectivity index (χ2n) is 5.21. The number of thiophene rings is 1. The topological polar surface area (TPSA) is 74.0 Å². The first-order chi connectivity index (χ1) is 11.1. The standard InChI is InChI=1S/C17H17N3O2S/c1-11-12(13-5-2-3-6-14(13)19-11)8-9-18-17(22)20-16(21)15-7-4-10-23-15/h2-7,10,19H,8-9H2,1H3,(H2,18,20,21,22). The molecule has 0 spiro atoms. The molecule has 0 aliphatic carbocycles. The van der Waals surface area contributed by atoms with Gasteiger partial charge in [0.2, 0.25) is 0 Å². The number of hydrogen-bond donors (Lipinski definition) is 3. The highest BCUT2D eigenvalue weighted by atomic mass is 32.1. The van der Waals surface area contributed by atoms with Gasteiger partial charge in [-0.05, 0) is 36.4 Å². The summed E-state index contributed by atoms with van der Waals surface area (Å²) >= 11 is 1.30. The molecule has 6 heteroatoms. The Morgan fingerprint density at radius 3 is 2.78 bits per heavy atom. The van der Waals surface area contributed by atoms with E-state index in [0.717, 1.165) is 11.2 Å². The Kier molecular flexibility index (Phi) is 4.43. The normalized spacial score (nSPS) is 10.7. The van der Waals surface area contributed by atoms with Crippen LogP contribution in [-0.2, 0) is 6.42 Å². The molecule has 5 nitrogen and oxygen atoms in total. The third-order valence-electron chi connectivity index (χ3n) is 3.66. The minimum atomic E-state index is -0.471. The van der Waals surface area contributed by atoms with Gasteiger partial charge >= 0.3 is 6.03 Å². The van der Waals surface area contributed by atoms with Crippen LogP contribution in [0, 0.1) is 6.92 Å². The number of carbonyl (C=O) groups excluding carboxylic acids is 2. The van der Waals surface area contributed by atoms with Crippen LogP contribution in [0.15, 0.2) is 41.8 Å². The molecule has 23 heavy (non-hydrogen) atoms. The van der Waals surface area contributed by atoms with Crippen LogP contribution in [0.3, 0.4) is 0 Å². The molecule has 0 unspecified atom stereocenters. The molecule has 3 amide bonds. The molecule has 0 fully saturated rings. The lowest BCUT2D eigenvalue weighted by molar-refractivity contribution is 0.0968. The van der Waals surface area contributed by atoms with Crippen molar-refractivity contribution in [2.75, 3.05) is 6.54 Å².